The van der Waals surface area contributed by atoms with Crippen molar-refractivity contribution in [3.8, 4) is 0 Å². The molecule has 7 heteroatoms. The van der Waals surface area contributed by atoms with Crippen molar-refractivity contribution < 1.29 is 23.9 Å². The molecule has 1 saturated heterocycles. The highest BCUT2D eigenvalue weighted by Gasteiger charge is 2.57. The van der Waals surface area contributed by atoms with Gasteiger partial charge in [-0.1, -0.05) is 30.3 Å². The highest BCUT2D eigenvalue weighted by atomic mass is 16.5. The summed E-state index contributed by atoms with van der Waals surface area (Å²) >= 11 is 0. The van der Waals surface area contributed by atoms with E-state index in [4.69, 9.17) is 4.74 Å². The smallest absolute Gasteiger partial charge is 0.337 e. The second-order valence-corrected chi connectivity index (χ2v) is 11.4. The molecule has 1 aliphatic heterocycles. The minimum Gasteiger partial charge on any atom is -0.465 e. The summed E-state index contributed by atoms with van der Waals surface area (Å²) in [4.78, 5) is 56.1. The maximum Gasteiger partial charge on any atom is 0.337 e. The Morgan fingerprint density at radius 2 is 1.51 bits per heavy atom. The quantitative estimate of drug-likeness (QED) is 0.435. The number of anilines is 1. The van der Waals surface area contributed by atoms with Crippen LogP contribution < -0.4 is 4.90 Å². The van der Waals surface area contributed by atoms with Crippen LogP contribution in [-0.2, 0) is 25.7 Å². The maximum atomic E-state index is 14.4. The van der Waals surface area contributed by atoms with Gasteiger partial charge in [-0.15, -0.1) is 0 Å². The average Bonchev–Trinajstić information content (AvgIpc) is 3.19. The van der Waals surface area contributed by atoms with E-state index in [1.54, 1.807) is 17.0 Å². The molecule has 7 nitrogen and oxygen atoms in total. The van der Waals surface area contributed by atoms with Crippen LogP contribution in [-0.4, -0.2) is 41.7 Å². The van der Waals surface area contributed by atoms with Gasteiger partial charge in [-0.25, -0.2) is 9.69 Å². The molecule has 0 N–H and O–H groups in total. The number of carbonyl (C=O) groups is 4. The van der Waals surface area contributed by atoms with Gasteiger partial charge >= 0.3 is 5.97 Å². The van der Waals surface area contributed by atoms with Crippen molar-refractivity contribution in [3.05, 3.63) is 65.7 Å². The molecule has 4 aliphatic carbocycles. The molecule has 7 rings (SSSR count). The standard InChI is InChI=1S/C30H32N2O5/c1-37-28(35)23-7-9-24(10-8-23)32-26(33)14-25(27(32)34)31(18-19-5-3-2-4-6-19)29(36)30-15-20-11-21(16-30)13-22(12-20)17-30/h2-10,20-22,25H,11-18H2,1H3. The highest BCUT2D eigenvalue weighted by Crippen LogP contribution is 2.60. The first-order chi connectivity index (χ1) is 17.9. The van der Waals surface area contributed by atoms with Gasteiger partial charge < -0.3 is 9.64 Å². The summed E-state index contributed by atoms with van der Waals surface area (Å²) in [5.41, 5.74) is 1.26. The molecule has 4 bridgehead atoms. The van der Waals surface area contributed by atoms with Gasteiger partial charge in [0.1, 0.15) is 6.04 Å². The van der Waals surface area contributed by atoms with Gasteiger partial charge in [0.05, 0.1) is 30.2 Å². The van der Waals surface area contributed by atoms with Crippen molar-refractivity contribution in [1.29, 1.82) is 0 Å². The van der Waals surface area contributed by atoms with Gasteiger partial charge in [0.25, 0.3) is 5.91 Å². The minimum absolute atomic E-state index is 0.0392. The zero-order valence-electron chi connectivity index (χ0n) is 21.1. The average molecular weight is 501 g/mol. The summed E-state index contributed by atoms with van der Waals surface area (Å²) in [6.45, 7) is 0.306. The summed E-state index contributed by atoms with van der Waals surface area (Å²) in [7, 11) is 1.30. The van der Waals surface area contributed by atoms with E-state index in [-0.39, 0.29) is 24.1 Å². The number of ether oxygens (including phenoxy) is 1. The van der Waals surface area contributed by atoms with E-state index in [0.717, 1.165) is 29.7 Å². The number of amides is 3. The molecule has 5 aliphatic rings. The summed E-state index contributed by atoms with van der Waals surface area (Å²) in [5, 5.41) is 0. The fourth-order valence-corrected chi connectivity index (χ4v) is 7.78. The minimum atomic E-state index is -0.839. The van der Waals surface area contributed by atoms with E-state index in [1.807, 2.05) is 30.3 Å². The maximum absolute atomic E-state index is 14.4. The number of hydrogen-bond acceptors (Lipinski definition) is 5. The van der Waals surface area contributed by atoms with Crippen molar-refractivity contribution in [2.45, 2.75) is 57.5 Å². The van der Waals surface area contributed by atoms with Crippen molar-refractivity contribution >= 4 is 29.4 Å². The van der Waals surface area contributed by atoms with Crippen LogP contribution in [0.5, 0.6) is 0 Å². The summed E-state index contributed by atoms with van der Waals surface area (Å²) in [6.07, 6.45) is 6.33. The van der Waals surface area contributed by atoms with E-state index >= 15 is 0 Å². The topological polar surface area (TPSA) is 84.0 Å². The van der Waals surface area contributed by atoms with Crippen LogP contribution in [0.25, 0.3) is 0 Å². The Kier molecular flexibility index (Phi) is 5.89. The molecule has 0 aromatic heterocycles. The third-order valence-electron chi connectivity index (χ3n) is 8.99. The number of carbonyl (C=O) groups excluding carboxylic acids is 4. The largest absolute Gasteiger partial charge is 0.465 e. The lowest BCUT2D eigenvalue weighted by Crippen LogP contribution is -2.57. The van der Waals surface area contributed by atoms with Crippen LogP contribution in [0.2, 0.25) is 0 Å². The number of benzene rings is 2. The van der Waals surface area contributed by atoms with E-state index in [9.17, 15) is 19.2 Å². The van der Waals surface area contributed by atoms with Gasteiger partial charge in [-0.05, 0) is 86.1 Å². The predicted octanol–water partition coefficient (Wildman–Crippen LogP) is 4.35. The first-order valence-electron chi connectivity index (χ1n) is 13.3. The third-order valence-corrected chi connectivity index (χ3v) is 8.99. The van der Waals surface area contributed by atoms with Crippen LogP contribution in [0.4, 0.5) is 5.69 Å². The summed E-state index contributed by atoms with van der Waals surface area (Å²) in [5.74, 6) is 0.628. The summed E-state index contributed by atoms with van der Waals surface area (Å²) < 4.78 is 4.75. The van der Waals surface area contributed by atoms with Gasteiger partial charge in [0.2, 0.25) is 11.8 Å². The molecule has 4 saturated carbocycles. The van der Waals surface area contributed by atoms with E-state index in [2.05, 4.69) is 0 Å². The molecule has 2 aromatic carbocycles. The summed E-state index contributed by atoms with van der Waals surface area (Å²) in [6, 6.07) is 15.1. The lowest BCUT2D eigenvalue weighted by molar-refractivity contribution is -0.162. The second-order valence-electron chi connectivity index (χ2n) is 11.4. The Labute approximate surface area is 216 Å². The van der Waals surface area contributed by atoms with E-state index < -0.39 is 17.4 Å². The lowest BCUT2D eigenvalue weighted by Gasteiger charge is -2.57. The Bertz CT molecular complexity index is 1200. The Morgan fingerprint density at radius 3 is 2.08 bits per heavy atom. The highest BCUT2D eigenvalue weighted by molar-refractivity contribution is 6.23. The van der Waals surface area contributed by atoms with Crippen molar-refractivity contribution in [2.75, 3.05) is 12.0 Å². The van der Waals surface area contributed by atoms with E-state index in [0.29, 0.717) is 35.5 Å². The number of imide groups is 1. The fraction of sp³-hybridized carbons (Fsp3) is 0.467. The Morgan fingerprint density at radius 1 is 0.919 bits per heavy atom. The molecular formula is C30H32N2O5. The zero-order valence-corrected chi connectivity index (χ0v) is 21.1. The first kappa shape index (κ1) is 23.9. The van der Waals surface area contributed by atoms with Crippen LogP contribution in [0, 0.1) is 23.2 Å². The molecule has 0 radical (unpaired) electrons. The molecule has 5 fully saturated rings. The van der Waals surface area contributed by atoms with Gasteiger partial charge in [0.15, 0.2) is 0 Å². The van der Waals surface area contributed by atoms with Crippen molar-refractivity contribution in [2.24, 2.45) is 23.2 Å². The number of rotatable bonds is 6. The predicted molar refractivity (Wildman–Crippen MR) is 136 cm³/mol. The molecule has 3 amide bonds. The molecule has 0 spiro atoms. The van der Waals surface area contributed by atoms with Crippen LogP contribution in [0.3, 0.4) is 0 Å². The van der Waals surface area contributed by atoms with Gasteiger partial charge in [-0.2, -0.15) is 0 Å². The number of nitrogens with zero attached hydrogens (tertiary/aromatic N) is 2. The monoisotopic (exact) mass is 500 g/mol. The van der Waals surface area contributed by atoms with Gasteiger partial charge in [-0.3, -0.25) is 14.4 Å². The van der Waals surface area contributed by atoms with Crippen LogP contribution >= 0.6 is 0 Å². The van der Waals surface area contributed by atoms with Crippen molar-refractivity contribution in [3.63, 3.8) is 0 Å². The van der Waals surface area contributed by atoms with Gasteiger partial charge in [0, 0.05) is 6.54 Å². The second kappa shape index (κ2) is 9.12. The molecular weight excluding hydrogens is 468 g/mol. The molecule has 1 heterocycles. The number of esters is 1. The van der Waals surface area contributed by atoms with Crippen LogP contribution in [0.15, 0.2) is 54.6 Å². The lowest BCUT2D eigenvalue weighted by atomic mass is 9.49. The molecule has 2 aromatic rings. The third kappa shape index (κ3) is 4.14. The number of methoxy groups -OCH3 is 1. The number of hydrogen-bond donors (Lipinski definition) is 0. The molecule has 37 heavy (non-hydrogen) atoms. The molecule has 1 atom stereocenters. The molecule has 192 valence electrons. The van der Waals surface area contributed by atoms with Crippen LogP contribution in [0.1, 0.15) is 60.9 Å². The van der Waals surface area contributed by atoms with Crippen molar-refractivity contribution in [1.82, 2.24) is 4.90 Å². The SMILES string of the molecule is COC(=O)c1ccc(N2C(=O)CC(N(Cc3ccccc3)C(=O)C34CC5CC(CC(C5)C3)C4)C2=O)cc1. The fourth-order valence-electron chi connectivity index (χ4n) is 7.78. The first-order valence-corrected chi connectivity index (χ1v) is 13.3. The van der Waals surface area contributed by atoms with E-state index in [1.165, 1.54) is 38.5 Å². The molecule has 1 unspecified atom stereocenters. The zero-order chi connectivity index (χ0) is 25.7. The Balaban J connectivity index is 1.31. The normalized spacial score (nSPS) is 30.0. The Hall–Kier alpha value is -3.48.